The molecule has 0 aliphatic rings. The van der Waals surface area contributed by atoms with E-state index >= 15 is 0 Å². The summed E-state index contributed by atoms with van der Waals surface area (Å²) in [5, 5.41) is 3.04. The Morgan fingerprint density at radius 2 is 1.76 bits per heavy atom. The van der Waals surface area contributed by atoms with Crippen LogP contribution in [0.25, 0.3) is 11.3 Å². The van der Waals surface area contributed by atoms with E-state index < -0.39 is 5.97 Å². The van der Waals surface area contributed by atoms with Crippen LogP contribution in [0, 0.1) is 0 Å². The molecule has 2 aromatic carbocycles. The molecule has 0 saturated carbocycles. The number of anilines is 1. The molecule has 0 radical (unpaired) electrons. The molecule has 3 aromatic rings. The summed E-state index contributed by atoms with van der Waals surface area (Å²) < 4.78 is 15.6. The minimum atomic E-state index is -0.476. The van der Waals surface area contributed by atoms with Gasteiger partial charge in [-0.15, -0.1) is 0 Å². The SMILES string of the molecule is CCOC(=O)c1sc(NC(=O)c2ccc(OC)c(OC)c2)nc1-c1ccccc1. The molecular weight excluding hydrogens is 392 g/mol. The zero-order valence-electron chi connectivity index (χ0n) is 16.2. The molecule has 0 fully saturated rings. The van der Waals surface area contributed by atoms with Crippen molar-refractivity contribution in [3.05, 3.63) is 59.0 Å². The Labute approximate surface area is 172 Å². The number of rotatable bonds is 7. The zero-order valence-corrected chi connectivity index (χ0v) is 17.0. The monoisotopic (exact) mass is 412 g/mol. The van der Waals surface area contributed by atoms with Crippen molar-refractivity contribution in [1.29, 1.82) is 0 Å². The number of hydrogen-bond acceptors (Lipinski definition) is 7. The highest BCUT2D eigenvalue weighted by molar-refractivity contribution is 7.18. The van der Waals surface area contributed by atoms with Gasteiger partial charge in [0.15, 0.2) is 16.6 Å². The number of nitrogens with one attached hydrogen (secondary N) is 1. The molecule has 0 saturated heterocycles. The summed E-state index contributed by atoms with van der Waals surface area (Å²) in [5.74, 6) is 0.107. The van der Waals surface area contributed by atoms with Crippen molar-refractivity contribution < 1.29 is 23.8 Å². The van der Waals surface area contributed by atoms with E-state index in [-0.39, 0.29) is 12.5 Å². The first-order valence-electron chi connectivity index (χ1n) is 8.84. The Morgan fingerprint density at radius 3 is 2.41 bits per heavy atom. The molecule has 8 heteroatoms. The highest BCUT2D eigenvalue weighted by Crippen LogP contribution is 2.33. The fourth-order valence-corrected chi connectivity index (χ4v) is 3.52. The number of thiazole rings is 1. The summed E-state index contributed by atoms with van der Waals surface area (Å²) in [6.07, 6.45) is 0. The second-order valence-electron chi connectivity index (χ2n) is 5.81. The van der Waals surface area contributed by atoms with Crippen LogP contribution < -0.4 is 14.8 Å². The second kappa shape index (κ2) is 9.20. The van der Waals surface area contributed by atoms with Gasteiger partial charge in [0.25, 0.3) is 5.91 Å². The molecule has 3 rings (SSSR count). The van der Waals surface area contributed by atoms with Crippen LogP contribution in [0.4, 0.5) is 5.13 Å². The average molecular weight is 412 g/mol. The normalized spacial score (nSPS) is 10.3. The van der Waals surface area contributed by atoms with Crippen molar-refractivity contribution in [2.24, 2.45) is 0 Å². The molecule has 0 atom stereocenters. The van der Waals surface area contributed by atoms with E-state index in [9.17, 15) is 9.59 Å². The molecule has 0 aliphatic carbocycles. The van der Waals surface area contributed by atoms with Crippen LogP contribution in [0.3, 0.4) is 0 Å². The molecule has 1 heterocycles. The van der Waals surface area contributed by atoms with Gasteiger partial charge < -0.3 is 14.2 Å². The fraction of sp³-hybridized carbons (Fsp3) is 0.190. The van der Waals surface area contributed by atoms with Gasteiger partial charge in [-0.25, -0.2) is 9.78 Å². The maximum absolute atomic E-state index is 12.7. The number of ether oxygens (including phenoxy) is 3. The molecule has 0 bridgehead atoms. The largest absolute Gasteiger partial charge is 0.493 e. The lowest BCUT2D eigenvalue weighted by atomic mass is 10.1. The summed E-state index contributed by atoms with van der Waals surface area (Å²) >= 11 is 1.07. The molecule has 29 heavy (non-hydrogen) atoms. The molecular formula is C21H20N2O5S. The number of carbonyl (C=O) groups excluding carboxylic acids is 2. The molecule has 1 aromatic heterocycles. The Kier molecular flexibility index (Phi) is 6.46. The lowest BCUT2D eigenvalue weighted by Crippen LogP contribution is -2.12. The highest BCUT2D eigenvalue weighted by atomic mass is 32.1. The Bertz CT molecular complexity index is 1020. The molecule has 1 N–H and O–H groups in total. The van der Waals surface area contributed by atoms with Crippen molar-refractivity contribution in [2.45, 2.75) is 6.92 Å². The van der Waals surface area contributed by atoms with Gasteiger partial charge >= 0.3 is 5.97 Å². The number of aromatic nitrogens is 1. The van der Waals surface area contributed by atoms with E-state index in [0.717, 1.165) is 16.9 Å². The Balaban J connectivity index is 1.91. The molecule has 1 amide bonds. The Morgan fingerprint density at radius 1 is 1.03 bits per heavy atom. The second-order valence-corrected chi connectivity index (χ2v) is 6.81. The van der Waals surface area contributed by atoms with Crippen LogP contribution in [0.5, 0.6) is 11.5 Å². The smallest absolute Gasteiger partial charge is 0.350 e. The average Bonchev–Trinajstić information content (AvgIpc) is 3.18. The van der Waals surface area contributed by atoms with Gasteiger partial charge in [-0.1, -0.05) is 41.7 Å². The van der Waals surface area contributed by atoms with Crippen LogP contribution in [-0.2, 0) is 4.74 Å². The van der Waals surface area contributed by atoms with E-state index in [4.69, 9.17) is 14.2 Å². The van der Waals surface area contributed by atoms with Crippen LogP contribution in [0.15, 0.2) is 48.5 Å². The standard InChI is InChI=1S/C21H20N2O5S/c1-4-28-20(25)18-17(13-8-6-5-7-9-13)22-21(29-18)23-19(24)14-10-11-15(26-2)16(12-14)27-3/h5-12H,4H2,1-3H3,(H,22,23,24). The van der Waals surface area contributed by atoms with Crippen molar-refractivity contribution >= 4 is 28.3 Å². The first-order chi connectivity index (χ1) is 14.1. The number of benzene rings is 2. The van der Waals surface area contributed by atoms with E-state index in [0.29, 0.717) is 32.8 Å². The predicted molar refractivity (Wildman–Crippen MR) is 111 cm³/mol. The van der Waals surface area contributed by atoms with Crippen LogP contribution in [0.1, 0.15) is 27.0 Å². The summed E-state index contributed by atoms with van der Waals surface area (Å²) in [4.78, 5) is 29.8. The van der Waals surface area contributed by atoms with Gasteiger partial charge in [0, 0.05) is 11.1 Å². The molecule has 7 nitrogen and oxygen atoms in total. The van der Waals surface area contributed by atoms with Crippen molar-refractivity contribution in [2.75, 3.05) is 26.1 Å². The number of hydrogen-bond donors (Lipinski definition) is 1. The van der Waals surface area contributed by atoms with Crippen LogP contribution in [0.2, 0.25) is 0 Å². The van der Waals surface area contributed by atoms with E-state index in [1.54, 1.807) is 25.1 Å². The van der Waals surface area contributed by atoms with Gasteiger partial charge in [0.05, 0.1) is 26.5 Å². The quantitative estimate of drug-likeness (QED) is 0.584. The van der Waals surface area contributed by atoms with Crippen LogP contribution >= 0.6 is 11.3 Å². The number of amides is 1. The van der Waals surface area contributed by atoms with E-state index in [2.05, 4.69) is 10.3 Å². The third kappa shape index (κ3) is 4.55. The number of nitrogens with zero attached hydrogens (tertiary/aromatic N) is 1. The predicted octanol–water partition coefficient (Wildman–Crippen LogP) is 4.26. The van der Waals surface area contributed by atoms with Gasteiger partial charge in [-0.05, 0) is 25.1 Å². The molecule has 0 unspecified atom stereocenters. The fourth-order valence-electron chi connectivity index (χ4n) is 2.65. The van der Waals surface area contributed by atoms with Crippen molar-refractivity contribution in [3.63, 3.8) is 0 Å². The third-order valence-electron chi connectivity index (χ3n) is 4.00. The summed E-state index contributed by atoms with van der Waals surface area (Å²) in [6, 6.07) is 14.1. The topological polar surface area (TPSA) is 86.8 Å². The van der Waals surface area contributed by atoms with Gasteiger partial charge in [-0.3, -0.25) is 10.1 Å². The molecule has 0 aliphatic heterocycles. The van der Waals surface area contributed by atoms with Gasteiger partial charge in [-0.2, -0.15) is 0 Å². The number of methoxy groups -OCH3 is 2. The highest BCUT2D eigenvalue weighted by Gasteiger charge is 2.22. The lowest BCUT2D eigenvalue weighted by Gasteiger charge is -2.09. The number of esters is 1. The van der Waals surface area contributed by atoms with Gasteiger partial charge in [0.1, 0.15) is 4.88 Å². The Hall–Kier alpha value is -3.39. The summed E-state index contributed by atoms with van der Waals surface area (Å²) in [7, 11) is 3.02. The van der Waals surface area contributed by atoms with Gasteiger partial charge in [0.2, 0.25) is 0 Å². The maximum Gasteiger partial charge on any atom is 0.350 e. The maximum atomic E-state index is 12.7. The van der Waals surface area contributed by atoms with Crippen molar-refractivity contribution in [3.8, 4) is 22.8 Å². The minimum absolute atomic E-state index is 0.248. The molecule has 150 valence electrons. The first-order valence-corrected chi connectivity index (χ1v) is 9.65. The zero-order chi connectivity index (χ0) is 20.8. The van der Waals surface area contributed by atoms with Crippen LogP contribution in [-0.4, -0.2) is 37.7 Å². The first kappa shape index (κ1) is 20.3. The number of carbonyl (C=O) groups is 2. The minimum Gasteiger partial charge on any atom is -0.493 e. The van der Waals surface area contributed by atoms with E-state index in [1.807, 2.05) is 30.3 Å². The lowest BCUT2D eigenvalue weighted by molar-refractivity contribution is 0.0532. The van der Waals surface area contributed by atoms with Crippen molar-refractivity contribution in [1.82, 2.24) is 4.98 Å². The summed E-state index contributed by atoms with van der Waals surface area (Å²) in [5.41, 5.74) is 1.60. The summed E-state index contributed by atoms with van der Waals surface area (Å²) in [6.45, 7) is 1.99. The van der Waals surface area contributed by atoms with E-state index in [1.165, 1.54) is 14.2 Å². The third-order valence-corrected chi connectivity index (χ3v) is 4.95. The molecule has 0 spiro atoms.